The van der Waals surface area contributed by atoms with Crippen LogP contribution in [0.5, 0.6) is 5.75 Å². The molecule has 4 rings (SSSR count). The second-order valence-electron chi connectivity index (χ2n) is 6.57. The fourth-order valence-corrected chi connectivity index (χ4v) is 3.54. The van der Waals surface area contributed by atoms with Crippen LogP contribution in [0.4, 0.5) is 0 Å². The molecule has 2 aromatic carbocycles. The van der Waals surface area contributed by atoms with Crippen LogP contribution in [0, 0.1) is 0 Å². The van der Waals surface area contributed by atoms with Gasteiger partial charge in [-0.1, -0.05) is 18.2 Å². The Morgan fingerprint density at radius 3 is 2.76 bits per heavy atom. The number of fused-ring (bicyclic) bond motifs is 2. The molecule has 1 amide bonds. The number of hydrogen-bond acceptors (Lipinski definition) is 3. The molecule has 0 bridgehead atoms. The maximum Gasteiger partial charge on any atom is 0.335 e. The van der Waals surface area contributed by atoms with Gasteiger partial charge in [0, 0.05) is 19.5 Å². The standard InChI is InChI=1S/C20H19NO4/c22-19(10-13-1-4-18-15(9-13)6-8-25-18)21-7-5-14-2-3-16(20(23)24)11-17(14)12-21/h1-4,9,11H,5-8,10,12H2,(H,23,24). The maximum atomic E-state index is 12.7. The van der Waals surface area contributed by atoms with Crippen LogP contribution in [0.1, 0.15) is 32.6 Å². The van der Waals surface area contributed by atoms with Crippen molar-refractivity contribution in [1.29, 1.82) is 0 Å². The molecule has 2 heterocycles. The molecule has 0 aliphatic carbocycles. The molecule has 0 spiro atoms. The third kappa shape index (κ3) is 3.09. The largest absolute Gasteiger partial charge is 0.493 e. The lowest BCUT2D eigenvalue weighted by molar-refractivity contribution is -0.131. The summed E-state index contributed by atoms with van der Waals surface area (Å²) >= 11 is 0. The number of carbonyl (C=O) groups excluding carboxylic acids is 1. The lowest BCUT2D eigenvalue weighted by atomic mass is 9.96. The molecule has 0 saturated carbocycles. The highest BCUT2D eigenvalue weighted by atomic mass is 16.5. The topological polar surface area (TPSA) is 66.8 Å². The first-order chi connectivity index (χ1) is 12.1. The summed E-state index contributed by atoms with van der Waals surface area (Å²) in [5.41, 5.74) is 4.50. The molecule has 2 aliphatic heterocycles. The third-order valence-corrected chi connectivity index (χ3v) is 4.93. The number of carboxylic acids is 1. The highest BCUT2D eigenvalue weighted by Gasteiger charge is 2.22. The monoisotopic (exact) mass is 337 g/mol. The quantitative estimate of drug-likeness (QED) is 0.934. The van der Waals surface area contributed by atoms with Crippen LogP contribution in [0.25, 0.3) is 0 Å². The summed E-state index contributed by atoms with van der Waals surface area (Å²) < 4.78 is 5.50. The number of amides is 1. The van der Waals surface area contributed by atoms with Crippen molar-refractivity contribution < 1.29 is 19.4 Å². The van der Waals surface area contributed by atoms with Gasteiger partial charge >= 0.3 is 5.97 Å². The number of ether oxygens (including phenoxy) is 1. The molecule has 1 N–H and O–H groups in total. The molecule has 128 valence electrons. The molecule has 2 aliphatic rings. The zero-order chi connectivity index (χ0) is 17.4. The predicted molar refractivity (Wildman–Crippen MR) is 91.9 cm³/mol. The van der Waals surface area contributed by atoms with Crippen molar-refractivity contribution in [2.45, 2.75) is 25.8 Å². The van der Waals surface area contributed by atoms with E-state index in [4.69, 9.17) is 9.84 Å². The zero-order valence-corrected chi connectivity index (χ0v) is 13.8. The minimum Gasteiger partial charge on any atom is -0.493 e. The molecule has 0 fully saturated rings. The number of rotatable bonds is 3. The van der Waals surface area contributed by atoms with Gasteiger partial charge in [0.1, 0.15) is 5.75 Å². The van der Waals surface area contributed by atoms with Crippen molar-refractivity contribution in [3.8, 4) is 5.75 Å². The fourth-order valence-electron chi connectivity index (χ4n) is 3.54. The van der Waals surface area contributed by atoms with Crippen LogP contribution in [0.3, 0.4) is 0 Å². The zero-order valence-electron chi connectivity index (χ0n) is 13.8. The molecule has 2 aromatic rings. The Labute approximate surface area is 145 Å². The summed E-state index contributed by atoms with van der Waals surface area (Å²) in [6.07, 6.45) is 2.02. The van der Waals surface area contributed by atoms with Crippen molar-refractivity contribution in [3.05, 3.63) is 64.2 Å². The smallest absolute Gasteiger partial charge is 0.335 e. The van der Waals surface area contributed by atoms with Gasteiger partial charge in [0.2, 0.25) is 5.91 Å². The van der Waals surface area contributed by atoms with Gasteiger partial charge in [-0.3, -0.25) is 4.79 Å². The van der Waals surface area contributed by atoms with Crippen LogP contribution >= 0.6 is 0 Å². The van der Waals surface area contributed by atoms with Gasteiger partial charge in [-0.2, -0.15) is 0 Å². The van der Waals surface area contributed by atoms with E-state index in [0.29, 0.717) is 26.1 Å². The van der Waals surface area contributed by atoms with E-state index in [1.54, 1.807) is 12.1 Å². The average molecular weight is 337 g/mol. The van der Waals surface area contributed by atoms with Crippen molar-refractivity contribution in [2.75, 3.05) is 13.2 Å². The summed E-state index contributed by atoms with van der Waals surface area (Å²) in [7, 11) is 0. The molecule has 0 saturated heterocycles. The van der Waals surface area contributed by atoms with Crippen LogP contribution in [0.15, 0.2) is 36.4 Å². The molecule has 5 nitrogen and oxygen atoms in total. The van der Waals surface area contributed by atoms with Gasteiger partial charge < -0.3 is 14.7 Å². The van der Waals surface area contributed by atoms with Crippen molar-refractivity contribution in [3.63, 3.8) is 0 Å². The highest BCUT2D eigenvalue weighted by Crippen LogP contribution is 2.27. The number of carboxylic acid groups (broad SMARTS) is 1. The van der Waals surface area contributed by atoms with E-state index in [2.05, 4.69) is 6.07 Å². The SMILES string of the molecule is O=C(O)c1ccc2c(c1)CN(C(=O)Cc1ccc3c(c1)CCO3)CC2. The van der Waals surface area contributed by atoms with Gasteiger partial charge in [-0.15, -0.1) is 0 Å². The molecule has 0 atom stereocenters. The molecular weight excluding hydrogens is 318 g/mol. The molecular formula is C20H19NO4. The second-order valence-corrected chi connectivity index (χ2v) is 6.57. The molecule has 0 unspecified atom stereocenters. The van der Waals surface area contributed by atoms with Crippen LogP contribution in [0.2, 0.25) is 0 Å². The Balaban J connectivity index is 1.48. The predicted octanol–water partition coefficient (Wildman–Crippen LogP) is 2.45. The Kier molecular flexibility index (Phi) is 3.92. The minimum atomic E-state index is -0.938. The van der Waals surface area contributed by atoms with Crippen LogP contribution < -0.4 is 4.74 Å². The van der Waals surface area contributed by atoms with Gasteiger partial charge in [-0.25, -0.2) is 4.79 Å². The normalized spacial score (nSPS) is 15.3. The fraction of sp³-hybridized carbons (Fsp3) is 0.300. The lowest BCUT2D eigenvalue weighted by Gasteiger charge is -2.29. The first kappa shape index (κ1) is 15.7. The first-order valence-corrected chi connectivity index (χ1v) is 8.47. The van der Waals surface area contributed by atoms with Crippen LogP contribution in [-0.4, -0.2) is 35.0 Å². The van der Waals surface area contributed by atoms with E-state index in [-0.39, 0.29) is 11.5 Å². The van der Waals surface area contributed by atoms with Crippen molar-refractivity contribution in [1.82, 2.24) is 4.90 Å². The number of benzene rings is 2. The molecule has 5 heteroatoms. The summed E-state index contributed by atoms with van der Waals surface area (Å²) in [6, 6.07) is 11.1. The summed E-state index contributed by atoms with van der Waals surface area (Å²) in [4.78, 5) is 25.6. The van der Waals surface area contributed by atoms with E-state index >= 15 is 0 Å². The summed E-state index contributed by atoms with van der Waals surface area (Å²) in [5, 5.41) is 9.14. The van der Waals surface area contributed by atoms with Crippen LogP contribution in [-0.2, 0) is 30.6 Å². The summed E-state index contributed by atoms with van der Waals surface area (Å²) in [5.74, 6) is 0.0566. The van der Waals surface area contributed by atoms with Gasteiger partial charge in [0.15, 0.2) is 0 Å². The summed E-state index contributed by atoms with van der Waals surface area (Å²) in [6.45, 7) is 1.86. The molecule has 25 heavy (non-hydrogen) atoms. The van der Waals surface area contributed by atoms with E-state index in [1.807, 2.05) is 23.1 Å². The van der Waals surface area contributed by atoms with E-state index in [9.17, 15) is 9.59 Å². The van der Waals surface area contributed by atoms with Gasteiger partial charge in [-0.05, 0) is 46.9 Å². The highest BCUT2D eigenvalue weighted by molar-refractivity contribution is 5.88. The Morgan fingerprint density at radius 2 is 1.92 bits per heavy atom. The average Bonchev–Trinajstić information content (AvgIpc) is 3.08. The molecule has 0 aromatic heterocycles. The lowest BCUT2D eigenvalue weighted by Crippen LogP contribution is -2.37. The first-order valence-electron chi connectivity index (χ1n) is 8.47. The van der Waals surface area contributed by atoms with E-state index in [1.165, 1.54) is 5.56 Å². The minimum absolute atomic E-state index is 0.0743. The number of hydrogen-bond donors (Lipinski definition) is 1. The van der Waals surface area contributed by atoms with E-state index < -0.39 is 5.97 Å². The number of carbonyl (C=O) groups is 2. The van der Waals surface area contributed by atoms with Gasteiger partial charge in [0.25, 0.3) is 0 Å². The van der Waals surface area contributed by atoms with Crippen molar-refractivity contribution >= 4 is 11.9 Å². The number of aromatic carboxylic acids is 1. The Hall–Kier alpha value is -2.82. The van der Waals surface area contributed by atoms with E-state index in [0.717, 1.165) is 35.3 Å². The van der Waals surface area contributed by atoms with Gasteiger partial charge in [0.05, 0.1) is 18.6 Å². The second kappa shape index (κ2) is 6.24. The Morgan fingerprint density at radius 1 is 1.04 bits per heavy atom. The maximum absolute atomic E-state index is 12.7. The molecule has 0 radical (unpaired) electrons. The number of nitrogens with zero attached hydrogens (tertiary/aromatic N) is 1. The third-order valence-electron chi connectivity index (χ3n) is 4.93. The van der Waals surface area contributed by atoms with Crippen molar-refractivity contribution in [2.24, 2.45) is 0 Å². The Bertz CT molecular complexity index is 859.